The summed E-state index contributed by atoms with van der Waals surface area (Å²) in [6.07, 6.45) is -0.517. The van der Waals surface area contributed by atoms with E-state index in [0.29, 0.717) is 12.3 Å². The second-order valence-electron chi connectivity index (χ2n) is 3.11. The van der Waals surface area contributed by atoms with Gasteiger partial charge in [-0.05, 0) is 25.5 Å². The number of methoxy groups -OCH3 is 1. The van der Waals surface area contributed by atoms with E-state index < -0.39 is 6.10 Å². The molecule has 0 amide bonds. The van der Waals surface area contributed by atoms with E-state index in [1.807, 2.05) is 19.1 Å². The molecule has 0 fully saturated rings. The van der Waals surface area contributed by atoms with Gasteiger partial charge in [0.1, 0.15) is 0 Å². The third-order valence-corrected chi connectivity index (χ3v) is 1.93. The van der Waals surface area contributed by atoms with Crippen LogP contribution in [0.5, 0.6) is 0 Å². The Bertz CT molecular complexity index is 284. The van der Waals surface area contributed by atoms with E-state index >= 15 is 0 Å². The van der Waals surface area contributed by atoms with Gasteiger partial charge in [-0.25, -0.2) is 0 Å². The molecule has 1 heterocycles. The Labute approximate surface area is 78.4 Å². The molecule has 13 heavy (non-hydrogen) atoms. The molecule has 0 spiro atoms. The minimum absolute atomic E-state index is 0.492. The lowest BCUT2D eigenvalue weighted by Crippen LogP contribution is -2.02. The highest BCUT2D eigenvalue weighted by atomic mass is 16.5. The summed E-state index contributed by atoms with van der Waals surface area (Å²) in [5.41, 5.74) is 2.67. The first kappa shape index (κ1) is 10.2. The number of ether oxygens (including phenoxy) is 1. The zero-order valence-corrected chi connectivity index (χ0v) is 8.24. The summed E-state index contributed by atoms with van der Waals surface area (Å²) in [7, 11) is 1.64. The van der Waals surface area contributed by atoms with E-state index in [4.69, 9.17) is 4.74 Å². The fourth-order valence-electron chi connectivity index (χ4n) is 1.10. The Hall–Kier alpha value is -0.930. The molecule has 1 aromatic heterocycles. The van der Waals surface area contributed by atoms with E-state index in [1.54, 1.807) is 14.0 Å². The molecule has 1 atom stereocenters. The van der Waals surface area contributed by atoms with E-state index in [0.717, 1.165) is 11.3 Å². The molecule has 1 N–H and O–H groups in total. The predicted molar refractivity (Wildman–Crippen MR) is 50.3 cm³/mol. The van der Waals surface area contributed by atoms with Gasteiger partial charge in [0.05, 0.1) is 24.1 Å². The zero-order valence-electron chi connectivity index (χ0n) is 8.24. The van der Waals surface area contributed by atoms with Gasteiger partial charge in [-0.1, -0.05) is 6.07 Å². The highest BCUT2D eigenvalue weighted by Gasteiger charge is 2.05. The average molecular weight is 181 g/mol. The van der Waals surface area contributed by atoms with Gasteiger partial charge in [-0.15, -0.1) is 0 Å². The molecule has 3 heteroatoms. The molecule has 1 unspecified atom stereocenters. The maximum absolute atomic E-state index is 9.30. The third kappa shape index (κ3) is 2.50. The number of aliphatic hydroxyl groups is 1. The smallest absolute Gasteiger partial charge is 0.0931 e. The molecule has 0 aliphatic rings. The van der Waals surface area contributed by atoms with Crippen LogP contribution >= 0.6 is 0 Å². The van der Waals surface area contributed by atoms with Crippen LogP contribution in [-0.2, 0) is 11.3 Å². The van der Waals surface area contributed by atoms with Crippen molar-refractivity contribution in [1.29, 1.82) is 0 Å². The van der Waals surface area contributed by atoms with Crippen LogP contribution in [-0.4, -0.2) is 17.2 Å². The molecule has 3 nitrogen and oxygen atoms in total. The van der Waals surface area contributed by atoms with Gasteiger partial charge < -0.3 is 9.84 Å². The van der Waals surface area contributed by atoms with Crippen LogP contribution in [0.2, 0.25) is 0 Å². The fourth-order valence-corrected chi connectivity index (χ4v) is 1.10. The van der Waals surface area contributed by atoms with E-state index in [9.17, 15) is 5.11 Å². The van der Waals surface area contributed by atoms with Crippen molar-refractivity contribution >= 4 is 0 Å². The Morgan fingerprint density at radius 3 is 2.77 bits per heavy atom. The lowest BCUT2D eigenvalue weighted by Gasteiger charge is -2.08. The largest absolute Gasteiger partial charge is 0.387 e. The molecular formula is C10H15NO2. The summed E-state index contributed by atoms with van der Waals surface area (Å²) in [6.45, 7) is 4.17. The van der Waals surface area contributed by atoms with Crippen molar-refractivity contribution in [1.82, 2.24) is 4.98 Å². The number of hydrogen-bond acceptors (Lipinski definition) is 3. The second-order valence-corrected chi connectivity index (χ2v) is 3.11. The number of pyridine rings is 1. The average Bonchev–Trinajstić information content (AvgIpc) is 2.08. The molecule has 0 radical (unpaired) electrons. The Morgan fingerprint density at radius 2 is 2.23 bits per heavy atom. The molecule has 0 saturated heterocycles. The highest BCUT2D eigenvalue weighted by Crippen LogP contribution is 2.13. The van der Waals surface area contributed by atoms with Gasteiger partial charge in [0.15, 0.2) is 0 Å². The number of hydrogen-bond donors (Lipinski definition) is 1. The van der Waals surface area contributed by atoms with Gasteiger partial charge in [0, 0.05) is 7.11 Å². The minimum Gasteiger partial charge on any atom is -0.387 e. The Morgan fingerprint density at radius 1 is 1.54 bits per heavy atom. The normalized spacial score (nSPS) is 12.9. The van der Waals surface area contributed by atoms with Crippen molar-refractivity contribution in [2.45, 2.75) is 26.6 Å². The molecule has 0 aromatic carbocycles. The van der Waals surface area contributed by atoms with Crippen molar-refractivity contribution < 1.29 is 9.84 Å². The number of rotatable bonds is 3. The second kappa shape index (κ2) is 4.35. The van der Waals surface area contributed by atoms with E-state index in [2.05, 4.69) is 4.98 Å². The molecule has 0 aliphatic carbocycles. The lowest BCUT2D eigenvalue weighted by atomic mass is 10.1. The molecule has 1 rings (SSSR count). The first-order valence-corrected chi connectivity index (χ1v) is 4.28. The SMILES string of the molecule is COCc1nc(C(C)O)ccc1C. The number of nitrogens with zero attached hydrogens (tertiary/aromatic N) is 1. The van der Waals surface area contributed by atoms with Gasteiger partial charge in [0.2, 0.25) is 0 Å². The zero-order chi connectivity index (χ0) is 9.84. The molecule has 0 bridgehead atoms. The molecule has 0 saturated carbocycles. The van der Waals surface area contributed by atoms with Crippen LogP contribution in [0.15, 0.2) is 12.1 Å². The van der Waals surface area contributed by atoms with Crippen LogP contribution in [0.1, 0.15) is 30.0 Å². The summed E-state index contributed by atoms with van der Waals surface area (Å²) in [6, 6.07) is 3.78. The summed E-state index contributed by atoms with van der Waals surface area (Å²) in [5, 5.41) is 9.30. The van der Waals surface area contributed by atoms with Gasteiger partial charge in [0.25, 0.3) is 0 Å². The highest BCUT2D eigenvalue weighted by molar-refractivity contribution is 5.21. The first-order valence-electron chi connectivity index (χ1n) is 4.28. The molecule has 72 valence electrons. The summed E-state index contributed by atoms with van der Waals surface area (Å²) < 4.78 is 5.00. The van der Waals surface area contributed by atoms with E-state index in [-0.39, 0.29) is 0 Å². The first-order chi connectivity index (χ1) is 6.15. The van der Waals surface area contributed by atoms with Gasteiger partial charge >= 0.3 is 0 Å². The van der Waals surface area contributed by atoms with Gasteiger partial charge in [-0.2, -0.15) is 0 Å². The van der Waals surface area contributed by atoms with Crippen LogP contribution < -0.4 is 0 Å². The minimum atomic E-state index is -0.517. The quantitative estimate of drug-likeness (QED) is 0.770. The summed E-state index contributed by atoms with van der Waals surface area (Å²) >= 11 is 0. The maximum Gasteiger partial charge on any atom is 0.0931 e. The number of aryl methyl sites for hydroxylation is 1. The van der Waals surface area contributed by atoms with Crippen LogP contribution in [0.4, 0.5) is 0 Å². The van der Waals surface area contributed by atoms with Crippen molar-refractivity contribution in [2.24, 2.45) is 0 Å². The van der Waals surface area contributed by atoms with Crippen LogP contribution in [0.3, 0.4) is 0 Å². The van der Waals surface area contributed by atoms with Crippen LogP contribution in [0.25, 0.3) is 0 Å². The lowest BCUT2D eigenvalue weighted by molar-refractivity contribution is 0.175. The van der Waals surface area contributed by atoms with E-state index in [1.165, 1.54) is 0 Å². The van der Waals surface area contributed by atoms with Crippen molar-refractivity contribution in [3.63, 3.8) is 0 Å². The summed E-state index contributed by atoms with van der Waals surface area (Å²) in [4.78, 5) is 4.29. The molecular weight excluding hydrogens is 166 g/mol. The number of aliphatic hydroxyl groups excluding tert-OH is 1. The van der Waals surface area contributed by atoms with Crippen LogP contribution in [0, 0.1) is 6.92 Å². The Kier molecular flexibility index (Phi) is 3.39. The standard InChI is InChI=1S/C10H15NO2/c1-7-4-5-9(8(2)12)11-10(7)6-13-3/h4-5,8,12H,6H2,1-3H3. The summed E-state index contributed by atoms with van der Waals surface area (Å²) in [5.74, 6) is 0. The predicted octanol–water partition coefficient (Wildman–Crippen LogP) is 1.59. The third-order valence-electron chi connectivity index (χ3n) is 1.93. The Balaban J connectivity index is 2.97. The molecule has 0 aliphatic heterocycles. The number of aromatic nitrogens is 1. The fraction of sp³-hybridized carbons (Fsp3) is 0.500. The topological polar surface area (TPSA) is 42.4 Å². The van der Waals surface area contributed by atoms with Crippen molar-refractivity contribution in [3.8, 4) is 0 Å². The molecule has 1 aromatic rings. The monoisotopic (exact) mass is 181 g/mol. The van der Waals surface area contributed by atoms with Gasteiger partial charge in [-0.3, -0.25) is 4.98 Å². The maximum atomic E-state index is 9.30. The van der Waals surface area contributed by atoms with Crippen molar-refractivity contribution in [2.75, 3.05) is 7.11 Å². The van der Waals surface area contributed by atoms with Crippen molar-refractivity contribution in [3.05, 3.63) is 29.1 Å².